The molecule has 0 amide bonds. The number of fused-ring (bicyclic) bond motifs is 3. The molecule has 0 saturated carbocycles. The first-order valence-corrected chi connectivity index (χ1v) is 8.66. The van der Waals surface area contributed by atoms with Crippen molar-refractivity contribution in [2.24, 2.45) is 5.73 Å². The number of anilines is 1. The van der Waals surface area contributed by atoms with Gasteiger partial charge in [0.25, 0.3) is 0 Å². The number of aryl methyl sites for hydroxylation is 1. The van der Waals surface area contributed by atoms with Crippen molar-refractivity contribution in [1.82, 2.24) is 4.52 Å². The Morgan fingerprint density at radius 1 is 1.20 bits per heavy atom. The Hall–Kier alpha value is -2.85. The Morgan fingerprint density at radius 3 is 2.72 bits per heavy atom. The van der Waals surface area contributed by atoms with Gasteiger partial charge in [0.15, 0.2) is 0 Å². The minimum atomic E-state index is 0.661. The van der Waals surface area contributed by atoms with Gasteiger partial charge in [0.05, 0.1) is 5.56 Å². The van der Waals surface area contributed by atoms with Gasteiger partial charge in [0.1, 0.15) is 11.2 Å². The molecule has 0 atom stereocenters. The molecule has 2 aromatic heterocycles. The van der Waals surface area contributed by atoms with Crippen LogP contribution >= 0.6 is 0 Å². The van der Waals surface area contributed by atoms with E-state index in [4.69, 9.17) is 5.73 Å². The van der Waals surface area contributed by atoms with Gasteiger partial charge in [-0.15, -0.1) is 4.52 Å². The third kappa shape index (κ3) is 2.55. The zero-order valence-electron chi connectivity index (χ0n) is 14.7. The topological polar surface area (TPSA) is 48.4 Å². The van der Waals surface area contributed by atoms with Crippen LogP contribution < -0.4 is 15.4 Å². The fourth-order valence-corrected chi connectivity index (χ4v) is 3.60. The molecule has 3 N–H and O–H groups in total. The normalized spacial score (nSPS) is 12.9. The van der Waals surface area contributed by atoms with Gasteiger partial charge in [-0.1, -0.05) is 22.6 Å². The van der Waals surface area contributed by atoms with E-state index in [9.17, 15) is 0 Å². The first kappa shape index (κ1) is 15.7. The molecule has 0 bridgehead atoms. The first-order chi connectivity index (χ1) is 12.2. The third-order valence-corrected chi connectivity index (χ3v) is 4.77. The second kappa shape index (κ2) is 6.22. The molecule has 126 valence electrons. The highest BCUT2D eigenvalue weighted by molar-refractivity contribution is 5.75. The Bertz CT molecular complexity index is 1040. The average molecular weight is 331 g/mol. The number of aromatic nitrogens is 2. The third-order valence-electron chi connectivity index (χ3n) is 4.77. The Kier molecular flexibility index (Phi) is 3.90. The molecule has 0 unspecified atom stereocenters. The van der Waals surface area contributed by atoms with Gasteiger partial charge in [-0.2, -0.15) is 0 Å². The van der Waals surface area contributed by atoms with Crippen molar-refractivity contribution >= 4 is 29.4 Å². The standard InChI is InChI=1S/C21H22N4/c1-15-14-18(10-7-16-5-8-17(23-2)9-6-16)25-21(15)19(11-12-22)20-4-3-13-24(20)25/h3-10,13-14H,11-12,22H2,1-2H3/p+1. The second-order valence-electron chi connectivity index (χ2n) is 6.37. The Labute approximate surface area is 147 Å². The Balaban J connectivity index is 1.80. The minimum absolute atomic E-state index is 0.661. The lowest BCUT2D eigenvalue weighted by molar-refractivity contribution is -0.583. The molecule has 1 aliphatic heterocycles. The van der Waals surface area contributed by atoms with Crippen LogP contribution in [0.3, 0.4) is 0 Å². The van der Waals surface area contributed by atoms with E-state index in [2.05, 4.69) is 82.0 Å². The molecule has 3 heterocycles. The molecule has 25 heavy (non-hydrogen) atoms. The first-order valence-electron chi connectivity index (χ1n) is 8.66. The van der Waals surface area contributed by atoms with Crippen molar-refractivity contribution < 1.29 is 4.36 Å². The number of nitrogens with zero attached hydrogens (tertiary/aromatic N) is 2. The van der Waals surface area contributed by atoms with Crippen molar-refractivity contribution in [3.63, 3.8) is 0 Å². The maximum atomic E-state index is 5.85. The van der Waals surface area contributed by atoms with Crippen LogP contribution in [-0.2, 0) is 6.42 Å². The molecule has 1 aromatic carbocycles. The maximum Gasteiger partial charge on any atom is 0.242 e. The highest BCUT2D eigenvalue weighted by Gasteiger charge is 2.25. The summed E-state index contributed by atoms with van der Waals surface area (Å²) in [7, 11) is 1.93. The number of nitrogens with one attached hydrogen (secondary N) is 1. The lowest BCUT2D eigenvalue weighted by atomic mass is 10.1. The highest BCUT2D eigenvalue weighted by Crippen LogP contribution is 2.25. The zero-order chi connectivity index (χ0) is 17.4. The summed E-state index contributed by atoms with van der Waals surface area (Å²) in [5.74, 6) is 0. The fraction of sp³-hybridized carbons (Fsp3) is 0.190. The van der Waals surface area contributed by atoms with E-state index in [0.717, 1.165) is 12.1 Å². The van der Waals surface area contributed by atoms with Crippen LogP contribution in [-0.4, -0.2) is 18.1 Å². The molecule has 0 fully saturated rings. The van der Waals surface area contributed by atoms with Crippen molar-refractivity contribution in [2.45, 2.75) is 13.3 Å². The van der Waals surface area contributed by atoms with Gasteiger partial charge in [0, 0.05) is 24.9 Å². The largest absolute Gasteiger partial charge is 0.388 e. The molecule has 0 aliphatic carbocycles. The van der Waals surface area contributed by atoms with Crippen LogP contribution in [0.1, 0.15) is 28.1 Å². The SMILES string of the molecule is CNc1ccc(/C=C/c2cc(C)c3c(CCN)c4[n+](n23)=CC=C4)cc1. The van der Waals surface area contributed by atoms with Crippen molar-refractivity contribution in [2.75, 3.05) is 18.9 Å². The average Bonchev–Trinajstić information content (AvgIpc) is 3.29. The molecular weight excluding hydrogens is 308 g/mol. The monoisotopic (exact) mass is 331 g/mol. The van der Waals surface area contributed by atoms with Crippen LogP contribution in [0, 0.1) is 13.1 Å². The van der Waals surface area contributed by atoms with Crippen LogP contribution in [0.25, 0.3) is 23.7 Å². The molecule has 4 rings (SSSR count). The summed E-state index contributed by atoms with van der Waals surface area (Å²) in [4.78, 5) is 0. The minimum Gasteiger partial charge on any atom is -0.388 e. The summed E-state index contributed by atoms with van der Waals surface area (Å²) >= 11 is 0. The molecule has 0 spiro atoms. The lowest BCUT2D eigenvalue weighted by Crippen LogP contribution is -2.24. The number of rotatable bonds is 5. The van der Waals surface area contributed by atoms with E-state index in [1.54, 1.807) is 0 Å². The lowest BCUT2D eigenvalue weighted by Gasteiger charge is -1.99. The molecule has 4 nitrogen and oxygen atoms in total. The summed E-state index contributed by atoms with van der Waals surface area (Å²) in [6.07, 6.45) is 11.6. The zero-order valence-corrected chi connectivity index (χ0v) is 14.7. The van der Waals surface area contributed by atoms with Gasteiger partial charge in [0.2, 0.25) is 11.9 Å². The van der Waals surface area contributed by atoms with Crippen LogP contribution in [0.4, 0.5) is 5.69 Å². The predicted octanol–water partition coefficient (Wildman–Crippen LogP) is 3.00. The van der Waals surface area contributed by atoms with E-state index in [1.165, 1.54) is 33.6 Å². The van der Waals surface area contributed by atoms with Gasteiger partial charge in [-0.3, -0.25) is 0 Å². The maximum absolute atomic E-state index is 5.85. The Morgan fingerprint density at radius 2 is 2.00 bits per heavy atom. The fourth-order valence-electron chi connectivity index (χ4n) is 3.60. The van der Waals surface area contributed by atoms with Crippen molar-refractivity contribution in [3.05, 3.63) is 70.7 Å². The summed E-state index contributed by atoms with van der Waals surface area (Å²) in [6.45, 7) is 2.84. The van der Waals surface area contributed by atoms with Gasteiger partial charge in [-0.05, 0) is 55.3 Å². The smallest absolute Gasteiger partial charge is 0.242 e. The molecule has 3 aromatic rings. The number of benzene rings is 1. The van der Waals surface area contributed by atoms with Crippen LogP contribution in [0.5, 0.6) is 0 Å². The van der Waals surface area contributed by atoms with E-state index in [1.807, 2.05) is 7.05 Å². The van der Waals surface area contributed by atoms with E-state index >= 15 is 0 Å². The van der Waals surface area contributed by atoms with E-state index in [-0.39, 0.29) is 0 Å². The number of nitrogens with two attached hydrogens (primary N) is 1. The van der Waals surface area contributed by atoms with E-state index < -0.39 is 0 Å². The molecule has 0 saturated heterocycles. The quantitative estimate of drug-likeness (QED) is 0.706. The predicted molar refractivity (Wildman–Crippen MR) is 104 cm³/mol. The number of hydrogen-bond acceptors (Lipinski definition) is 2. The number of allylic oxidation sites excluding steroid dienone is 1. The number of hydrogen-bond donors (Lipinski definition) is 2. The summed E-state index contributed by atoms with van der Waals surface area (Å²) in [5, 5.41) is 3.15. The summed E-state index contributed by atoms with van der Waals surface area (Å²) < 4.78 is 4.51. The molecule has 0 radical (unpaired) electrons. The summed E-state index contributed by atoms with van der Waals surface area (Å²) in [6, 6.07) is 10.7. The van der Waals surface area contributed by atoms with Gasteiger partial charge < -0.3 is 11.1 Å². The van der Waals surface area contributed by atoms with Gasteiger partial charge >= 0.3 is 0 Å². The highest BCUT2D eigenvalue weighted by atomic mass is 15.3. The van der Waals surface area contributed by atoms with Crippen molar-refractivity contribution in [3.8, 4) is 0 Å². The molecule has 1 aliphatic rings. The second-order valence-corrected chi connectivity index (χ2v) is 6.37. The molecular formula is C21H23N4+. The van der Waals surface area contributed by atoms with Crippen LogP contribution in [0.15, 0.2) is 36.4 Å². The molecule has 4 heteroatoms. The summed E-state index contributed by atoms with van der Waals surface area (Å²) in [5.41, 5.74) is 14.5. The van der Waals surface area contributed by atoms with Gasteiger partial charge in [-0.25, -0.2) is 0 Å². The van der Waals surface area contributed by atoms with Crippen LogP contribution in [0.2, 0.25) is 0 Å². The van der Waals surface area contributed by atoms with E-state index in [0.29, 0.717) is 6.54 Å². The van der Waals surface area contributed by atoms with Crippen molar-refractivity contribution in [1.29, 1.82) is 0 Å².